The lowest BCUT2D eigenvalue weighted by atomic mass is 10.1. The minimum absolute atomic E-state index is 0.115. The van der Waals surface area contributed by atoms with E-state index in [2.05, 4.69) is 92.7 Å². The number of carbonyl (C=O) groups is 2. The van der Waals surface area contributed by atoms with Crippen molar-refractivity contribution in [1.82, 2.24) is 0 Å². The molecule has 0 aliphatic rings. The molecule has 0 fully saturated rings. The van der Waals surface area contributed by atoms with Gasteiger partial charge in [-0.2, -0.15) is 0 Å². The second kappa shape index (κ2) is 39.3. The van der Waals surface area contributed by atoms with E-state index in [9.17, 15) is 43.8 Å². The zero-order valence-corrected chi connectivity index (χ0v) is 37.6. The van der Waals surface area contributed by atoms with Crippen molar-refractivity contribution < 1.29 is 71.4 Å². The summed E-state index contributed by atoms with van der Waals surface area (Å²) in [7, 11) is -9.58. The van der Waals surface area contributed by atoms with Crippen LogP contribution in [0.5, 0.6) is 0 Å². The Hall–Kier alpha value is -2.52. The van der Waals surface area contributed by atoms with Gasteiger partial charge in [-0.1, -0.05) is 119 Å². The van der Waals surface area contributed by atoms with Gasteiger partial charge in [0.05, 0.1) is 26.4 Å². The van der Waals surface area contributed by atoms with Crippen molar-refractivity contribution >= 4 is 27.6 Å². The number of rotatable bonds is 40. The van der Waals surface area contributed by atoms with Crippen LogP contribution >= 0.6 is 15.6 Å². The number of carbonyl (C=O) groups excluding carboxylic acids is 2. The van der Waals surface area contributed by atoms with Gasteiger partial charge in [-0.3, -0.25) is 27.7 Å². The van der Waals surface area contributed by atoms with Gasteiger partial charge in [0.25, 0.3) is 0 Å². The Morgan fingerprint density at radius 1 is 0.450 bits per heavy atom. The molecule has 0 radical (unpaired) electrons. The zero-order valence-electron chi connectivity index (χ0n) is 35.8. The number of ether oxygens (including phenoxy) is 2. The van der Waals surface area contributed by atoms with Gasteiger partial charge in [0.2, 0.25) is 0 Å². The molecule has 0 bridgehead atoms. The third kappa shape index (κ3) is 40.9. The van der Waals surface area contributed by atoms with Crippen LogP contribution in [0.2, 0.25) is 0 Å². The summed E-state index contributed by atoms with van der Waals surface area (Å²) in [5, 5.41) is 29.9. The van der Waals surface area contributed by atoms with Gasteiger partial charge in [0, 0.05) is 12.8 Å². The largest absolute Gasteiger partial charge is 0.472 e. The number of aliphatic hydroxyl groups is 3. The minimum Gasteiger partial charge on any atom is -0.463 e. The van der Waals surface area contributed by atoms with E-state index < -0.39 is 85.5 Å². The number of phosphoric ester groups is 2. The van der Waals surface area contributed by atoms with Crippen LogP contribution < -0.4 is 0 Å². The Labute approximate surface area is 358 Å². The molecule has 5 N–H and O–H groups in total. The van der Waals surface area contributed by atoms with Gasteiger partial charge < -0.3 is 34.6 Å². The molecule has 0 rings (SSSR count). The monoisotopic (exact) mass is 892 g/mol. The van der Waals surface area contributed by atoms with Crippen LogP contribution in [0.3, 0.4) is 0 Å². The molecule has 15 nitrogen and oxygen atoms in total. The van der Waals surface area contributed by atoms with Crippen LogP contribution in [0.25, 0.3) is 0 Å². The third-order valence-corrected chi connectivity index (χ3v) is 10.0. The lowest BCUT2D eigenvalue weighted by molar-refractivity contribution is -0.148. The van der Waals surface area contributed by atoms with Crippen LogP contribution in [0, 0.1) is 0 Å². The van der Waals surface area contributed by atoms with Crippen LogP contribution in [-0.4, -0.2) is 95.0 Å². The standard InChI is InChI=1S/C43H74O15P2/c1-3-5-7-9-11-13-15-16-17-18-19-20-22-24-26-28-30-32-43(48)54-34-40(45)36-56-60(51,52)58-38-41(46)37-57-59(49,50)55-35-39(44)33-53-42(47)31-29-27-25-23-21-14-12-10-8-6-4-2/h5,7,10-13,16-17,19-20,24,26,39-41,44-46H,3-4,6,8-9,14-15,18,21-23,25,27-38H2,1-2H3,(H,49,50)(H,51,52)/b7-5-,12-10-,13-11-,17-16-,20-19-,26-24-. The first kappa shape index (κ1) is 57.5. The van der Waals surface area contributed by atoms with Crippen molar-refractivity contribution in [2.24, 2.45) is 0 Å². The lowest BCUT2D eigenvalue weighted by Crippen LogP contribution is -2.25. The average molecular weight is 893 g/mol. The molecule has 346 valence electrons. The quantitative estimate of drug-likeness (QED) is 0.0168. The fourth-order valence-electron chi connectivity index (χ4n) is 4.81. The summed E-state index contributed by atoms with van der Waals surface area (Å²) in [5.74, 6) is -1.07. The number of aliphatic hydroxyl groups excluding tert-OH is 3. The van der Waals surface area contributed by atoms with Gasteiger partial charge in [-0.15, -0.1) is 0 Å². The summed E-state index contributed by atoms with van der Waals surface area (Å²) < 4.78 is 52.7. The Morgan fingerprint density at radius 2 is 0.783 bits per heavy atom. The van der Waals surface area contributed by atoms with E-state index in [0.717, 1.165) is 70.6 Å². The summed E-state index contributed by atoms with van der Waals surface area (Å²) in [5.41, 5.74) is 0. The molecule has 0 heterocycles. The summed E-state index contributed by atoms with van der Waals surface area (Å²) in [6.07, 6.45) is 36.3. The summed E-state index contributed by atoms with van der Waals surface area (Å²) >= 11 is 0. The predicted molar refractivity (Wildman–Crippen MR) is 233 cm³/mol. The maximum Gasteiger partial charge on any atom is 0.472 e. The number of hydrogen-bond acceptors (Lipinski definition) is 13. The first-order chi connectivity index (χ1) is 28.8. The predicted octanol–water partition coefficient (Wildman–Crippen LogP) is 8.82. The van der Waals surface area contributed by atoms with Gasteiger partial charge in [0.15, 0.2) is 0 Å². The Balaban J connectivity index is 4.01. The van der Waals surface area contributed by atoms with Crippen LogP contribution in [0.15, 0.2) is 72.9 Å². The molecular weight excluding hydrogens is 818 g/mol. The molecule has 0 saturated carbocycles. The maximum absolute atomic E-state index is 12.1. The molecule has 0 aliphatic carbocycles. The summed E-state index contributed by atoms with van der Waals surface area (Å²) in [4.78, 5) is 43.5. The van der Waals surface area contributed by atoms with Crippen molar-refractivity contribution in [1.29, 1.82) is 0 Å². The Kier molecular flexibility index (Phi) is 37.7. The van der Waals surface area contributed by atoms with E-state index in [1.54, 1.807) is 0 Å². The maximum atomic E-state index is 12.1. The van der Waals surface area contributed by atoms with Gasteiger partial charge in [-0.25, -0.2) is 9.13 Å². The van der Waals surface area contributed by atoms with Crippen molar-refractivity contribution in [3.05, 3.63) is 72.9 Å². The van der Waals surface area contributed by atoms with E-state index in [1.807, 2.05) is 12.2 Å². The molecule has 0 amide bonds. The van der Waals surface area contributed by atoms with Crippen molar-refractivity contribution in [2.75, 3.05) is 39.6 Å². The van der Waals surface area contributed by atoms with E-state index in [4.69, 9.17) is 9.47 Å². The fourth-order valence-corrected chi connectivity index (χ4v) is 6.41. The molecule has 17 heteroatoms. The molecule has 5 atom stereocenters. The topological polar surface area (TPSA) is 225 Å². The van der Waals surface area contributed by atoms with Crippen LogP contribution in [0.1, 0.15) is 129 Å². The third-order valence-electron chi connectivity index (χ3n) is 8.15. The van der Waals surface area contributed by atoms with Gasteiger partial charge in [0.1, 0.15) is 31.5 Å². The number of phosphoric acid groups is 2. The number of hydrogen-bond donors (Lipinski definition) is 5. The SMILES string of the molecule is CC/C=C\C/C=C\C/C=C\C/C=C\C/C=C\CCCC(=O)OCC(O)COP(=O)(O)OCC(O)COP(=O)(O)OCC(O)COC(=O)CCCCCCC/C=C\CCCC. The highest BCUT2D eigenvalue weighted by molar-refractivity contribution is 7.47. The normalized spacial score (nSPS) is 16.1. The molecule has 0 aromatic carbocycles. The highest BCUT2D eigenvalue weighted by Gasteiger charge is 2.28. The Morgan fingerprint density at radius 3 is 1.23 bits per heavy atom. The first-order valence-corrected chi connectivity index (χ1v) is 24.3. The molecule has 5 unspecified atom stereocenters. The average Bonchev–Trinajstić information content (AvgIpc) is 3.22. The second-order valence-electron chi connectivity index (χ2n) is 14.0. The van der Waals surface area contributed by atoms with E-state index >= 15 is 0 Å². The van der Waals surface area contributed by atoms with Crippen LogP contribution in [-0.2, 0) is 46.3 Å². The van der Waals surface area contributed by atoms with Crippen molar-refractivity contribution in [3.63, 3.8) is 0 Å². The van der Waals surface area contributed by atoms with Crippen LogP contribution in [0.4, 0.5) is 0 Å². The van der Waals surface area contributed by atoms with E-state index in [0.29, 0.717) is 19.3 Å². The van der Waals surface area contributed by atoms with Crippen molar-refractivity contribution in [2.45, 2.75) is 148 Å². The fraction of sp³-hybridized carbons (Fsp3) is 0.674. The molecule has 0 saturated heterocycles. The lowest BCUT2D eigenvalue weighted by Gasteiger charge is -2.19. The summed E-state index contributed by atoms with van der Waals surface area (Å²) in [6, 6.07) is 0. The molecular formula is C43H74O15P2. The van der Waals surface area contributed by atoms with Crippen molar-refractivity contribution in [3.8, 4) is 0 Å². The molecule has 60 heavy (non-hydrogen) atoms. The smallest absolute Gasteiger partial charge is 0.463 e. The van der Waals surface area contributed by atoms with Gasteiger partial charge >= 0.3 is 27.6 Å². The first-order valence-electron chi connectivity index (χ1n) is 21.3. The molecule has 0 aromatic rings. The Bertz CT molecular complexity index is 1360. The highest BCUT2D eigenvalue weighted by Crippen LogP contribution is 2.45. The zero-order chi connectivity index (χ0) is 44.6. The molecule has 0 spiro atoms. The van der Waals surface area contributed by atoms with E-state index in [1.165, 1.54) is 12.8 Å². The minimum atomic E-state index is -4.80. The number of allylic oxidation sites excluding steroid dienone is 12. The second-order valence-corrected chi connectivity index (χ2v) is 16.9. The number of esters is 2. The van der Waals surface area contributed by atoms with Gasteiger partial charge in [-0.05, 0) is 70.6 Å². The molecule has 0 aliphatic heterocycles. The highest BCUT2D eigenvalue weighted by atomic mass is 31.2. The van der Waals surface area contributed by atoms with E-state index in [-0.39, 0.29) is 12.8 Å². The molecule has 0 aromatic heterocycles. The summed E-state index contributed by atoms with van der Waals surface area (Å²) in [6.45, 7) is 0.143. The number of unbranched alkanes of at least 4 members (excludes halogenated alkanes) is 8.